The molecule has 1 rings (SSSR count). The monoisotopic (exact) mass is 170 g/mol. The fourth-order valence-corrected chi connectivity index (χ4v) is 1.39. The molecule has 0 bridgehead atoms. The molecule has 2 atom stereocenters. The Morgan fingerprint density at radius 1 is 1.58 bits per heavy atom. The van der Waals surface area contributed by atoms with Crippen LogP contribution in [0.4, 0.5) is 0 Å². The summed E-state index contributed by atoms with van der Waals surface area (Å²) in [6, 6.07) is -0.386. The van der Waals surface area contributed by atoms with Gasteiger partial charge in [-0.05, 0) is 26.8 Å². The van der Waals surface area contributed by atoms with Gasteiger partial charge in [0.25, 0.3) is 0 Å². The highest BCUT2D eigenvalue weighted by Crippen LogP contribution is 2.09. The molecule has 4 heteroatoms. The predicted octanol–water partition coefficient (Wildman–Crippen LogP) is -0.558. The third kappa shape index (κ3) is 1.82. The number of likely N-dealkylation sites (N-methyl/N-ethyl adjacent to an activating group) is 1. The van der Waals surface area contributed by atoms with Gasteiger partial charge in [-0.15, -0.1) is 0 Å². The normalized spacial score (nSPS) is 29.7. The second kappa shape index (κ2) is 3.67. The largest absolute Gasteiger partial charge is 0.345 e. The van der Waals surface area contributed by atoms with E-state index in [1.165, 1.54) is 6.92 Å². The third-order valence-electron chi connectivity index (χ3n) is 2.22. The molecule has 0 aromatic heterocycles. The number of hydrogen-bond acceptors (Lipinski definition) is 3. The number of rotatable bonds is 2. The molecule has 0 radical (unpaired) electrons. The van der Waals surface area contributed by atoms with Crippen molar-refractivity contribution in [3.63, 3.8) is 0 Å². The lowest BCUT2D eigenvalue weighted by Crippen LogP contribution is -2.53. The lowest BCUT2D eigenvalue weighted by atomic mass is 9.98. The summed E-state index contributed by atoms with van der Waals surface area (Å²) >= 11 is 0. The fraction of sp³-hybridized carbons (Fsp3) is 0.750. The maximum Gasteiger partial charge on any atom is 0.237 e. The molecule has 1 amide bonds. The van der Waals surface area contributed by atoms with Crippen LogP contribution in [0.1, 0.15) is 19.8 Å². The van der Waals surface area contributed by atoms with Crippen LogP contribution in [0.15, 0.2) is 0 Å². The number of hydrogen-bond donors (Lipinski definition) is 2. The van der Waals surface area contributed by atoms with Gasteiger partial charge < -0.3 is 10.6 Å². The minimum Gasteiger partial charge on any atom is -0.345 e. The van der Waals surface area contributed by atoms with Crippen LogP contribution < -0.4 is 10.6 Å². The maximum atomic E-state index is 11.2. The van der Waals surface area contributed by atoms with E-state index >= 15 is 0 Å². The van der Waals surface area contributed by atoms with Crippen LogP contribution in [0.3, 0.4) is 0 Å². The van der Waals surface area contributed by atoms with Crippen molar-refractivity contribution in [2.45, 2.75) is 31.8 Å². The smallest absolute Gasteiger partial charge is 0.237 e. The highest BCUT2D eigenvalue weighted by Gasteiger charge is 2.28. The molecule has 12 heavy (non-hydrogen) atoms. The lowest BCUT2D eigenvalue weighted by molar-refractivity contribution is -0.130. The van der Waals surface area contributed by atoms with Gasteiger partial charge in [0.15, 0.2) is 5.78 Å². The molecule has 0 aliphatic carbocycles. The highest BCUT2D eigenvalue weighted by molar-refractivity contribution is 5.90. The molecule has 1 heterocycles. The van der Waals surface area contributed by atoms with Gasteiger partial charge in [-0.1, -0.05) is 0 Å². The molecule has 0 aromatic rings. The molecule has 4 nitrogen and oxygen atoms in total. The average Bonchev–Trinajstić information content (AvgIpc) is 2.04. The number of carbonyl (C=O) groups is 2. The topological polar surface area (TPSA) is 58.2 Å². The van der Waals surface area contributed by atoms with Crippen LogP contribution in [0, 0.1) is 0 Å². The summed E-state index contributed by atoms with van der Waals surface area (Å²) < 4.78 is 0. The number of piperidine rings is 1. The molecule has 2 N–H and O–H groups in total. The quantitative estimate of drug-likeness (QED) is 0.584. The van der Waals surface area contributed by atoms with Crippen LogP contribution >= 0.6 is 0 Å². The summed E-state index contributed by atoms with van der Waals surface area (Å²) in [7, 11) is 1.75. The summed E-state index contributed by atoms with van der Waals surface area (Å²) in [5.41, 5.74) is 0. The molecule has 2 unspecified atom stereocenters. The average molecular weight is 170 g/mol. The van der Waals surface area contributed by atoms with Crippen molar-refractivity contribution in [2.24, 2.45) is 0 Å². The van der Waals surface area contributed by atoms with Gasteiger partial charge in [-0.2, -0.15) is 0 Å². The van der Waals surface area contributed by atoms with E-state index in [9.17, 15) is 9.59 Å². The Balaban J connectivity index is 2.52. The summed E-state index contributed by atoms with van der Waals surface area (Å²) in [5, 5.41) is 5.56. The fourth-order valence-electron chi connectivity index (χ4n) is 1.39. The van der Waals surface area contributed by atoms with E-state index in [0.29, 0.717) is 0 Å². The van der Waals surface area contributed by atoms with Crippen molar-refractivity contribution < 1.29 is 9.59 Å². The second-order valence-electron chi connectivity index (χ2n) is 3.09. The summed E-state index contributed by atoms with van der Waals surface area (Å²) in [5.74, 6) is -0.0261. The molecule has 1 saturated heterocycles. The Kier molecular flexibility index (Phi) is 2.81. The van der Waals surface area contributed by atoms with Crippen LogP contribution in [0.2, 0.25) is 0 Å². The van der Waals surface area contributed by atoms with Gasteiger partial charge in [0.05, 0.1) is 12.1 Å². The van der Waals surface area contributed by atoms with Crippen LogP contribution in [-0.2, 0) is 9.59 Å². The van der Waals surface area contributed by atoms with Gasteiger partial charge in [-0.25, -0.2) is 0 Å². The molecular weight excluding hydrogens is 156 g/mol. The highest BCUT2D eigenvalue weighted by atomic mass is 16.2. The van der Waals surface area contributed by atoms with E-state index in [-0.39, 0.29) is 23.8 Å². The Morgan fingerprint density at radius 2 is 2.25 bits per heavy atom. The van der Waals surface area contributed by atoms with E-state index in [1.54, 1.807) is 7.05 Å². The molecule has 1 fully saturated rings. The van der Waals surface area contributed by atoms with Gasteiger partial charge in [0, 0.05) is 0 Å². The van der Waals surface area contributed by atoms with E-state index in [0.717, 1.165) is 12.8 Å². The first-order valence-electron chi connectivity index (χ1n) is 4.13. The zero-order chi connectivity index (χ0) is 9.14. The maximum absolute atomic E-state index is 11.2. The van der Waals surface area contributed by atoms with E-state index < -0.39 is 0 Å². The molecule has 68 valence electrons. The number of carbonyl (C=O) groups excluding carboxylic acids is 2. The molecule has 0 aromatic carbocycles. The number of Topliss-reactive ketones (excluding diaryl/α,β-unsaturated/α-hetero) is 1. The van der Waals surface area contributed by atoms with E-state index in [2.05, 4.69) is 10.6 Å². The minimum atomic E-state index is -0.262. The number of ketones is 1. The van der Waals surface area contributed by atoms with E-state index in [1.807, 2.05) is 0 Å². The first-order chi connectivity index (χ1) is 5.65. The van der Waals surface area contributed by atoms with Gasteiger partial charge in [0.2, 0.25) is 5.91 Å². The van der Waals surface area contributed by atoms with Gasteiger partial charge in [0.1, 0.15) is 0 Å². The molecular formula is C8H14N2O2. The molecule has 1 aliphatic heterocycles. The first-order valence-corrected chi connectivity index (χ1v) is 4.13. The second-order valence-corrected chi connectivity index (χ2v) is 3.09. The van der Waals surface area contributed by atoms with Crippen molar-refractivity contribution in [1.82, 2.24) is 10.6 Å². The Bertz CT molecular complexity index is 203. The van der Waals surface area contributed by atoms with Crippen molar-refractivity contribution in [2.75, 3.05) is 7.05 Å². The molecule has 1 aliphatic rings. The van der Waals surface area contributed by atoms with Gasteiger partial charge >= 0.3 is 0 Å². The van der Waals surface area contributed by atoms with Gasteiger partial charge in [-0.3, -0.25) is 9.59 Å². The van der Waals surface area contributed by atoms with Crippen molar-refractivity contribution in [3.8, 4) is 0 Å². The summed E-state index contributed by atoms with van der Waals surface area (Å²) in [6.07, 6.45) is 1.49. The summed E-state index contributed by atoms with van der Waals surface area (Å²) in [4.78, 5) is 22.1. The Hall–Kier alpha value is -0.900. The molecule has 0 spiro atoms. The standard InChI is InChI=1S/C8H14N2O2/c1-5(11)6-3-4-7(9-2)8(12)10-6/h6-7,9H,3-4H2,1-2H3,(H,10,12). The number of nitrogens with one attached hydrogen (secondary N) is 2. The van der Waals surface area contributed by atoms with Crippen LogP contribution in [-0.4, -0.2) is 30.8 Å². The lowest BCUT2D eigenvalue weighted by Gasteiger charge is -2.27. The van der Waals surface area contributed by atoms with Crippen molar-refractivity contribution >= 4 is 11.7 Å². The zero-order valence-electron chi connectivity index (χ0n) is 7.39. The Morgan fingerprint density at radius 3 is 2.67 bits per heavy atom. The van der Waals surface area contributed by atoms with Crippen LogP contribution in [0.25, 0.3) is 0 Å². The molecule has 0 saturated carbocycles. The number of amides is 1. The first kappa shape index (κ1) is 9.19. The minimum absolute atomic E-state index is 0.0397. The summed E-state index contributed by atoms with van der Waals surface area (Å²) in [6.45, 7) is 1.50. The zero-order valence-corrected chi connectivity index (χ0v) is 7.39. The van der Waals surface area contributed by atoms with Crippen molar-refractivity contribution in [1.29, 1.82) is 0 Å². The predicted molar refractivity (Wildman–Crippen MR) is 44.7 cm³/mol. The van der Waals surface area contributed by atoms with E-state index in [4.69, 9.17) is 0 Å². The SMILES string of the molecule is CNC1CCC(C(C)=O)NC1=O. The van der Waals surface area contributed by atoms with Crippen molar-refractivity contribution in [3.05, 3.63) is 0 Å². The third-order valence-corrected chi connectivity index (χ3v) is 2.22. The Labute approximate surface area is 71.7 Å². The van der Waals surface area contributed by atoms with Crippen LogP contribution in [0.5, 0.6) is 0 Å².